The third kappa shape index (κ3) is 6.35. The van der Waals surface area contributed by atoms with Crippen LogP contribution >= 0.6 is 0 Å². The number of amides is 3. The van der Waals surface area contributed by atoms with Crippen molar-refractivity contribution in [3.63, 3.8) is 0 Å². The second kappa shape index (κ2) is 13.5. The van der Waals surface area contributed by atoms with E-state index in [0.29, 0.717) is 35.8 Å². The Bertz CT molecular complexity index is 1160. The number of primary amides is 1. The van der Waals surface area contributed by atoms with E-state index in [-0.39, 0.29) is 17.7 Å². The first-order valence-corrected chi connectivity index (χ1v) is 14.1. The molecule has 1 saturated carbocycles. The van der Waals surface area contributed by atoms with Crippen molar-refractivity contribution in [2.24, 2.45) is 11.7 Å². The normalized spacial score (nSPS) is 19.3. The van der Waals surface area contributed by atoms with Crippen LogP contribution < -0.4 is 25.3 Å². The first-order chi connectivity index (χ1) is 19.4. The summed E-state index contributed by atoms with van der Waals surface area (Å²) in [7, 11) is 4.67. The minimum absolute atomic E-state index is 0.0867. The Morgan fingerprint density at radius 1 is 0.850 bits per heavy atom. The maximum Gasteiger partial charge on any atom is 0.244 e. The van der Waals surface area contributed by atoms with Crippen LogP contribution in [-0.4, -0.2) is 56.5 Å². The van der Waals surface area contributed by atoms with Crippen LogP contribution in [0.25, 0.3) is 0 Å². The number of ether oxygens (including phenoxy) is 3. The summed E-state index contributed by atoms with van der Waals surface area (Å²) in [5.74, 6) is 0.00396. The Morgan fingerprint density at radius 2 is 1.48 bits per heavy atom. The van der Waals surface area contributed by atoms with E-state index < -0.39 is 23.9 Å². The van der Waals surface area contributed by atoms with E-state index in [1.54, 1.807) is 50.5 Å². The molecule has 3 amide bonds. The monoisotopic (exact) mass is 551 g/mol. The van der Waals surface area contributed by atoms with Gasteiger partial charge in [-0.05, 0) is 61.3 Å². The second-order valence-electron chi connectivity index (χ2n) is 10.6. The van der Waals surface area contributed by atoms with E-state index in [4.69, 9.17) is 19.9 Å². The molecule has 9 nitrogen and oxygen atoms in total. The van der Waals surface area contributed by atoms with Gasteiger partial charge in [0.15, 0.2) is 11.5 Å². The minimum atomic E-state index is -0.975. The molecule has 9 heteroatoms. The predicted octanol–water partition coefficient (Wildman–Crippen LogP) is 4.10. The molecule has 1 saturated heterocycles. The molecule has 1 heterocycles. The number of methoxy groups -OCH3 is 3. The zero-order chi connectivity index (χ0) is 28.6. The van der Waals surface area contributed by atoms with Crippen molar-refractivity contribution in [2.45, 2.75) is 69.4 Å². The van der Waals surface area contributed by atoms with E-state index in [0.717, 1.165) is 50.5 Å². The van der Waals surface area contributed by atoms with Crippen LogP contribution in [0.1, 0.15) is 74.5 Å². The van der Waals surface area contributed by atoms with Crippen LogP contribution in [0.5, 0.6) is 17.2 Å². The fourth-order valence-corrected chi connectivity index (χ4v) is 6.21. The molecule has 2 aromatic carbocycles. The highest BCUT2D eigenvalue weighted by atomic mass is 16.5. The number of piperidine rings is 1. The van der Waals surface area contributed by atoms with Crippen molar-refractivity contribution in [2.75, 3.05) is 27.9 Å². The van der Waals surface area contributed by atoms with Crippen LogP contribution in [0.2, 0.25) is 0 Å². The van der Waals surface area contributed by atoms with Gasteiger partial charge in [-0.3, -0.25) is 14.4 Å². The number of nitrogens with zero attached hydrogens (tertiary/aromatic N) is 1. The quantitative estimate of drug-likeness (QED) is 0.459. The number of nitrogens with two attached hydrogens (primary N) is 1. The summed E-state index contributed by atoms with van der Waals surface area (Å²) in [5.41, 5.74) is 7.07. The van der Waals surface area contributed by atoms with Gasteiger partial charge in [-0.2, -0.15) is 0 Å². The van der Waals surface area contributed by atoms with E-state index >= 15 is 0 Å². The molecule has 1 aliphatic heterocycles. The van der Waals surface area contributed by atoms with Gasteiger partial charge in [-0.1, -0.05) is 49.6 Å². The molecule has 1 unspecified atom stereocenters. The molecule has 0 aromatic heterocycles. The van der Waals surface area contributed by atoms with E-state index in [9.17, 15) is 14.4 Å². The minimum Gasteiger partial charge on any atom is -0.493 e. The number of benzene rings is 2. The number of likely N-dealkylation sites (tertiary alicyclic amines) is 1. The van der Waals surface area contributed by atoms with Gasteiger partial charge in [0.25, 0.3) is 0 Å². The molecule has 3 N–H and O–H groups in total. The van der Waals surface area contributed by atoms with E-state index in [1.165, 1.54) is 0 Å². The number of hydrogen-bond acceptors (Lipinski definition) is 6. The molecule has 216 valence electrons. The van der Waals surface area contributed by atoms with Crippen molar-refractivity contribution in [3.05, 3.63) is 53.6 Å². The first-order valence-electron chi connectivity index (χ1n) is 14.1. The fourth-order valence-electron chi connectivity index (χ4n) is 6.21. The molecule has 2 aromatic rings. The van der Waals surface area contributed by atoms with Gasteiger partial charge >= 0.3 is 0 Å². The van der Waals surface area contributed by atoms with Crippen LogP contribution in [0, 0.1) is 5.92 Å². The number of carbonyl (C=O) groups excluding carboxylic acids is 3. The van der Waals surface area contributed by atoms with Crippen LogP contribution in [0.3, 0.4) is 0 Å². The molecule has 2 fully saturated rings. The van der Waals surface area contributed by atoms with Gasteiger partial charge < -0.3 is 30.2 Å². The lowest BCUT2D eigenvalue weighted by Gasteiger charge is -2.40. The summed E-state index contributed by atoms with van der Waals surface area (Å²) >= 11 is 0. The SMILES string of the molecule is COc1cc(C(C(=O)N2CCCC[C@H]2C(=O)N[C@@H](C(N)=O)c2ccccc2)C2CCCCC2)cc(OC)c1OC. The second-order valence-corrected chi connectivity index (χ2v) is 10.6. The molecular formula is C31H41N3O6. The summed E-state index contributed by atoms with van der Waals surface area (Å²) in [4.78, 5) is 42.2. The first kappa shape index (κ1) is 29.2. The van der Waals surface area contributed by atoms with Gasteiger partial charge in [0, 0.05) is 6.54 Å². The Labute approximate surface area is 236 Å². The zero-order valence-electron chi connectivity index (χ0n) is 23.7. The van der Waals surface area contributed by atoms with E-state index in [2.05, 4.69) is 5.32 Å². The number of rotatable bonds is 10. The van der Waals surface area contributed by atoms with Gasteiger partial charge in [0.05, 0.1) is 27.2 Å². The lowest BCUT2D eigenvalue weighted by molar-refractivity contribution is -0.145. The number of carbonyl (C=O) groups is 3. The molecule has 0 radical (unpaired) electrons. The molecule has 4 rings (SSSR count). The van der Waals surface area contributed by atoms with Crippen molar-refractivity contribution in [1.29, 1.82) is 0 Å². The maximum atomic E-state index is 14.5. The fraction of sp³-hybridized carbons (Fsp3) is 0.516. The average molecular weight is 552 g/mol. The largest absolute Gasteiger partial charge is 0.493 e. The molecule has 2 aliphatic rings. The highest BCUT2D eigenvalue weighted by Crippen LogP contribution is 2.45. The Hall–Kier alpha value is -3.75. The van der Waals surface area contributed by atoms with Crippen molar-refractivity contribution < 1.29 is 28.6 Å². The van der Waals surface area contributed by atoms with E-state index in [1.807, 2.05) is 18.2 Å². The molecule has 0 spiro atoms. The molecule has 1 aliphatic carbocycles. The third-order valence-electron chi connectivity index (χ3n) is 8.23. The summed E-state index contributed by atoms with van der Waals surface area (Å²) in [6.45, 7) is 0.469. The van der Waals surface area contributed by atoms with Gasteiger partial charge in [-0.15, -0.1) is 0 Å². The molecule has 40 heavy (non-hydrogen) atoms. The van der Waals surface area contributed by atoms with Crippen LogP contribution in [-0.2, 0) is 14.4 Å². The Kier molecular flexibility index (Phi) is 9.90. The highest BCUT2D eigenvalue weighted by molar-refractivity contribution is 5.94. The smallest absolute Gasteiger partial charge is 0.244 e. The van der Waals surface area contributed by atoms with Gasteiger partial charge in [-0.25, -0.2) is 0 Å². The van der Waals surface area contributed by atoms with Gasteiger partial charge in [0.2, 0.25) is 23.5 Å². The summed E-state index contributed by atoms with van der Waals surface area (Å²) < 4.78 is 16.7. The third-order valence-corrected chi connectivity index (χ3v) is 8.23. The lowest BCUT2D eigenvalue weighted by Crippen LogP contribution is -2.55. The molecule has 3 atom stereocenters. The van der Waals surface area contributed by atoms with Crippen LogP contribution in [0.15, 0.2) is 42.5 Å². The van der Waals surface area contributed by atoms with Crippen molar-refractivity contribution in [3.8, 4) is 17.2 Å². The topological polar surface area (TPSA) is 120 Å². The van der Waals surface area contributed by atoms with Gasteiger partial charge in [0.1, 0.15) is 12.1 Å². The average Bonchev–Trinajstić information content (AvgIpc) is 3.00. The lowest BCUT2D eigenvalue weighted by atomic mass is 9.75. The highest BCUT2D eigenvalue weighted by Gasteiger charge is 2.41. The van der Waals surface area contributed by atoms with Crippen molar-refractivity contribution in [1.82, 2.24) is 10.2 Å². The standard InChI is InChI=1S/C31H41N3O6/c1-38-24-18-22(19-25(39-2)28(24)40-3)26(20-12-6-4-7-13-20)31(37)34-17-11-10-16-23(34)30(36)33-27(29(32)35)21-14-8-5-9-15-21/h5,8-9,14-15,18-20,23,26-27H,4,6-7,10-13,16-17H2,1-3H3,(H2,32,35)(H,33,36)/t23-,26?,27+/m0/s1. The molecule has 0 bridgehead atoms. The predicted molar refractivity (Wildman–Crippen MR) is 151 cm³/mol. The number of hydrogen-bond donors (Lipinski definition) is 2. The zero-order valence-corrected chi connectivity index (χ0v) is 23.7. The summed E-state index contributed by atoms with van der Waals surface area (Å²) in [6.07, 6.45) is 7.25. The Balaban J connectivity index is 1.67. The maximum absolute atomic E-state index is 14.5. The molecular weight excluding hydrogens is 510 g/mol. The Morgan fingerprint density at radius 3 is 2.05 bits per heavy atom. The summed E-state index contributed by atoms with van der Waals surface area (Å²) in [5, 5.41) is 2.83. The number of nitrogens with one attached hydrogen (secondary N) is 1. The van der Waals surface area contributed by atoms with Crippen LogP contribution in [0.4, 0.5) is 0 Å². The van der Waals surface area contributed by atoms with Crippen molar-refractivity contribution >= 4 is 17.7 Å². The summed E-state index contributed by atoms with van der Waals surface area (Å²) in [6, 6.07) is 11.0.